The second-order valence-electron chi connectivity index (χ2n) is 6.14. The molecule has 0 saturated carbocycles. The number of carbonyl (C=O) groups is 1. The van der Waals surface area contributed by atoms with Crippen molar-refractivity contribution in [3.63, 3.8) is 0 Å². The molecule has 0 amide bonds. The van der Waals surface area contributed by atoms with E-state index in [4.69, 9.17) is 9.84 Å². The van der Waals surface area contributed by atoms with E-state index in [2.05, 4.69) is 9.97 Å². The zero-order valence-corrected chi connectivity index (χ0v) is 14.0. The number of aromatic carboxylic acids is 1. The van der Waals surface area contributed by atoms with Gasteiger partial charge in [-0.1, -0.05) is 38.1 Å². The molecule has 0 aliphatic carbocycles. The molecule has 3 aromatic rings. The summed E-state index contributed by atoms with van der Waals surface area (Å²) < 4.78 is 5.79. The lowest BCUT2D eigenvalue weighted by molar-refractivity contribution is 0.0690. The van der Waals surface area contributed by atoms with E-state index in [1.165, 1.54) is 6.07 Å². The van der Waals surface area contributed by atoms with Gasteiger partial charge in [0.1, 0.15) is 11.4 Å². The third-order valence-corrected chi connectivity index (χ3v) is 4.02. The topological polar surface area (TPSA) is 72.3 Å². The predicted molar refractivity (Wildman–Crippen MR) is 94.1 cm³/mol. The van der Waals surface area contributed by atoms with Crippen molar-refractivity contribution in [1.82, 2.24) is 9.97 Å². The molecule has 0 bridgehead atoms. The molecule has 0 radical (unpaired) electrons. The van der Waals surface area contributed by atoms with Gasteiger partial charge in [-0.3, -0.25) is 0 Å². The van der Waals surface area contributed by atoms with Gasteiger partial charge in [0.2, 0.25) is 5.88 Å². The van der Waals surface area contributed by atoms with E-state index in [-0.39, 0.29) is 5.69 Å². The summed E-state index contributed by atoms with van der Waals surface area (Å²) >= 11 is 0. The molecule has 0 aliphatic heterocycles. The fraction of sp³-hybridized carbons (Fsp3) is 0.150. The molecule has 0 aliphatic rings. The number of carboxylic acids is 1. The number of hydrogen-bond acceptors (Lipinski definition) is 4. The van der Waals surface area contributed by atoms with Crippen molar-refractivity contribution in [2.45, 2.75) is 19.3 Å². The van der Waals surface area contributed by atoms with Crippen molar-refractivity contribution in [3.8, 4) is 11.6 Å². The van der Waals surface area contributed by atoms with Crippen LogP contribution in [0.25, 0.3) is 0 Å². The summed E-state index contributed by atoms with van der Waals surface area (Å²) in [5.41, 5.74) is 1.21. The fourth-order valence-corrected chi connectivity index (χ4v) is 2.53. The van der Waals surface area contributed by atoms with E-state index in [9.17, 15) is 4.79 Å². The third kappa shape index (κ3) is 3.66. The van der Waals surface area contributed by atoms with Crippen LogP contribution < -0.4 is 4.74 Å². The monoisotopic (exact) mass is 334 g/mol. The lowest BCUT2D eigenvalue weighted by Gasteiger charge is -2.25. The van der Waals surface area contributed by atoms with E-state index >= 15 is 0 Å². The maximum atomic E-state index is 11.2. The highest BCUT2D eigenvalue weighted by Gasteiger charge is 2.26. The van der Waals surface area contributed by atoms with Crippen LogP contribution >= 0.6 is 0 Å². The second-order valence-corrected chi connectivity index (χ2v) is 6.14. The number of carboxylic acid groups (broad SMARTS) is 1. The molecule has 2 heterocycles. The van der Waals surface area contributed by atoms with Gasteiger partial charge in [0, 0.05) is 17.7 Å². The Morgan fingerprint density at radius 3 is 2.56 bits per heavy atom. The first kappa shape index (κ1) is 16.6. The van der Waals surface area contributed by atoms with Crippen molar-refractivity contribution >= 4 is 5.97 Å². The molecule has 126 valence electrons. The lowest BCUT2D eigenvalue weighted by atomic mass is 9.81. The van der Waals surface area contributed by atoms with Crippen molar-refractivity contribution in [1.29, 1.82) is 0 Å². The fourth-order valence-electron chi connectivity index (χ4n) is 2.53. The summed E-state index contributed by atoms with van der Waals surface area (Å²) in [5, 5.41) is 9.16. The Bertz CT molecular complexity index is 892. The number of rotatable bonds is 5. The van der Waals surface area contributed by atoms with Crippen molar-refractivity contribution < 1.29 is 14.6 Å². The first-order chi connectivity index (χ1) is 12.0. The molecule has 0 spiro atoms. The van der Waals surface area contributed by atoms with Gasteiger partial charge >= 0.3 is 5.97 Å². The van der Waals surface area contributed by atoms with Crippen molar-refractivity contribution in [3.05, 3.63) is 83.8 Å². The molecule has 2 aromatic heterocycles. The number of ether oxygens (including phenoxy) is 1. The minimum atomic E-state index is -1.04. The van der Waals surface area contributed by atoms with Crippen LogP contribution in [0.4, 0.5) is 0 Å². The number of pyridine rings is 2. The summed E-state index contributed by atoms with van der Waals surface area (Å²) in [6.45, 7) is 4.00. The first-order valence-corrected chi connectivity index (χ1v) is 7.87. The van der Waals surface area contributed by atoms with E-state index in [0.29, 0.717) is 17.3 Å². The van der Waals surface area contributed by atoms with Gasteiger partial charge in [0.25, 0.3) is 0 Å². The average Bonchev–Trinajstić information content (AvgIpc) is 2.63. The maximum absolute atomic E-state index is 11.2. The van der Waals surface area contributed by atoms with Crippen LogP contribution in [0.15, 0.2) is 66.9 Å². The first-order valence-electron chi connectivity index (χ1n) is 7.87. The molecule has 5 heteroatoms. The SMILES string of the molecule is CC(C)(c1cccc(Oc2ccccn2)c1)c1cccc(C(=O)O)n1. The molecule has 5 nitrogen and oxygen atoms in total. The number of nitrogens with zero attached hydrogens (tertiary/aromatic N) is 2. The number of hydrogen-bond donors (Lipinski definition) is 1. The van der Waals surface area contributed by atoms with E-state index in [1.54, 1.807) is 18.3 Å². The third-order valence-electron chi connectivity index (χ3n) is 4.02. The summed E-state index contributed by atoms with van der Waals surface area (Å²) in [7, 11) is 0. The smallest absolute Gasteiger partial charge is 0.354 e. The zero-order valence-electron chi connectivity index (χ0n) is 14.0. The summed E-state index contributed by atoms with van der Waals surface area (Å²) in [6.07, 6.45) is 1.67. The van der Waals surface area contributed by atoms with Crippen LogP contribution in [0.3, 0.4) is 0 Å². The Balaban J connectivity index is 1.93. The Morgan fingerprint density at radius 1 is 1.04 bits per heavy atom. The predicted octanol–water partition coefficient (Wildman–Crippen LogP) is 4.29. The maximum Gasteiger partial charge on any atom is 0.354 e. The molecule has 25 heavy (non-hydrogen) atoms. The minimum Gasteiger partial charge on any atom is -0.477 e. The van der Waals surface area contributed by atoms with Crippen molar-refractivity contribution in [2.24, 2.45) is 0 Å². The van der Waals surface area contributed by atoms with Crippen LogP contribution in [0.5, 0.6) is 11.6 Å². The van der Waals surface area contributed by atoms with Gasteiger partial charge in [-0.2, -0.15) is 0 Å². The van der Waals surface area contributed by atoms with Gasteiger partial charge in [-0.15, -0.1) is 0 Å². The summed E-state index contributed by atoms with van der Waals surface area (Å²) in [5.74, 6) is 0.145. The van der Waals surface area contributed by atoms with E-state index in [1.807, 2.05) is 56.3 Å². The molecule has 1 N–H and O–H groups in total. The van der Waals surface area contributed by atoms with E-state index < -0.39 is 11.4 Å². The van der Waals surface area contributed by atoms with Crippen molar-refractivity contribution in [2.75, 3.05) is 0 Å². The Kier molecular flexibility index (Phi) is 4.48. The highest BCUT2D eigenvalue weighted by molar-refractivity contribution is 5.85. The summed E-state index contributed by atoms with van der Waals surface area (Å²) in [4.78, 5) is 19.6. The molecule has 1 aromatic carbocycles. The van der Waals surface area contributed by atoms with Crippen LogP contribution in [-0.4, -0.2) is 21.0 Å². The quantitative estimate of drug-likeness (QED) is 0.753. The second kappa shape index (κ2) is 6.73. The molecule has 0 unspecified atom stereocenters. The Hall–Kier alpha value is -3.21. The molecular weight excluding hydrogens is 316 g/mol. The Morgan fingerprint density at radius 2 is 1.84 bits per heavy atom. The highest BCUT2D eigenvalue weighted by Crippen LogP contribution is 2.33. The van der Waals surface area contributed by atoms with Gasteiger partial charge in [0.15, 0.2) is 0 Å². The van der Waals surface area contributed by atoms with Gasteiger partial charge < -0.3 is 9.84 Å². The molecular formula is C20H18N2O3. The highest BCUT2D eigenvalue weighted by atomic mass is 16.5. The number of aromatic nitrogens is 2. The largest absolute Gasteiger partial charge is 0.477 e. The summed E-state index contributed by atoms with van der Waals surface area (Å²) in [6, 6.07) is 18.2. The normalized spacial score (nSPS) is 11.1. The molecule has 0 fully saturated rings. The van der Waals surface area contributed by atoms with E-state index in [0.717, 1.165) is 5.56 Å². The van der Waals surface area contributed by atoms with Crippen LogP contribution in [0, 0.1) is 0 Å². The van der Waals surface area contributed by atoms with Crippen LogP contribution in [0.1, 0.15) is 35.6 Å². The molecule has 3 rings (SSSR count). The zero-order chi connectivity index (χ0) is 17.9. The molecule has 0 saturated heterocycles. The lowest BCUT2D eigenvalue weighted by Crippen LogP contribution is -2.21. The van der Waals surface area contributed by atoms with Gasteiger partial charge in [-0.25, -0.2) is 14.8 Å². The van der Waals surface area contributed by atoms with Gasteiger partial charge in [-0.05, 0) is 35.9 Å². The average molecular weight is 334 g/mol. The van der Waals surface area contributed by atoms with Crippen LogP contribution in [-0.2, 0) is 5.41 Å². The van der Waals surface area contributed by atoms with Gasteiger partial charge in [0.05, 0.1) is 5.69 Å². The Labute approximate surface area is 146 Å². The van der Waals surface area contributed by atoms with Crippen LogP contribution in [0.2, 0.25) is 0 Å². The minimum absolute atomic E-state index is 0.0338. The molecule has 0 atom stereocenters. The standard InChI is InChI=1S/C20H18N2O3/c1-20(2,17-10-6-9-16(22-17)19(23)24)14-7-5-8-15(13-14)25-18-11-3-4-12-21-18/h3-13H,1-2H3,(H,23,24). The number of benzene rings is 1.